The molecule has 2 aromatic carbocycles. The Labute approximate surface area is 176 Å². The maximum absolute atomic E-state index is 13.3. The second-order valence-corrected chi connectivity index (χ2v) is 9.94. The van der Waals surface area contributed by atoms with Crippen molar-refractivity contribution in [1.29, 1.82) is 0 Å². The minimum Gasteiger partial charge on any atom is -0.486 e. The van der Waals surface area contributed by atoms with Crippen molar-refractivity contribution >= 4 is 15.7 Å². The van der Waals surface area contributed by atoms with E-state index in [1.165, 1.54) is 0 Å². The summed E-state index contributed by atoms with van der Waals surface area (Å²) in [6, 6.07) is 14.4. The van der Waals surface area contributed by atoms with Crippen molar-refractivity contribution in [2.24, 2.45) is 0 Å². The molecule has 0 aliphatic carbocycles. The average Bonchev–Trinajstić information content (AvgIpc) is 2.75. The minimum atomic E-state index is -3.03. The Morgan fingerprint density at radius 1 is 0.967 bits per heavy atom. The molecular formula is C22H26N2O5S. The fraction of sp³-hybridized carbons (Fsp3) is 0.409. The molecule has 2 aliphatic heterocycles. The van der Waals surface area contributed by atoms with Crippen LogP contribution in [0, 0.1) is 0 Å². The van der Waals surface area contributed by atoms with Crippen LogP contribution in [0.1, 0.15) is 30.1 Å². The number of hydrogen-bond acceptors (Lipinski definition) is 6. The molecule has 4 rings (SSSR count). The lowest BCUT2D eigenvalue weighted by Crippen LogP contribution is -2.48. The van der Waals surface area contributed by atoms with E-state index in [2.05, 4.69) is 5.32 Å². The zero-order chi connectivity index (χ0) is 21.1. The molecule has 7 nitrogen and oxygen atoms in total. The second-order valence-electron chi connectivity index (χ2n) is 7.63. The number of carbonyl (C=O) groups excluding carboxylic acids is 1. The topological polar surface area (TPSA) is 84.9 Å². The van der Waals surface area contributed by atoms with Crippen LogP contribution in [0.25, 0.3) is 0 Å². The van der Waals surface area contributed by atoms with Gasteiger partial charge in [-0.1, -0.05) is 36.4 Å². The van der Waals surface area contributed by atoms with Gasteiger partial charge in [-0.25, -0.2) is 8.42 Å². The van der Waals surface area contributed by atoms with Gasteiger partial charge in [0.25, 0.3) is 0 Å². The highest BCUT2D eigenvalue weighted by Crippen LogP contribution is 2.33. The van der Waals surface area contributed by atoms with Gasteiger partial charge >= 0.3 is 0 Å². The van der Waals surface area contributed by atoms with E-state index in [1.807, 2.05) is 60.4 Å². The van der Waals surface area contributed by atoms with Gasteiger partial charge in [-0.05, 0) is 30.2 Å². The number of nitrogens with zero attached hydrogens (tertiary/aromatic N) is 1. The van der Waals surface area contributed by atoms with Crippen LogP contribution in [-0.2, 0) is 14.6 Å². The monoisotopic (exact) mass is 430 g/mol. The van der Waals surface area contributed by atoms with Crippen LogP contribution < -0.4 is 14.8 Å². The third-order valence-corrected chi connectivity index (χ3v) is 7.14. The van der Waals surface area contributed by atoms with E-state index in [0.29, 0.717) is 37.8 Å². The Bertz CT molecular complexity index is 995. The van der Waals surface area contributed by atoms with E-state index in [0.717, 1.165) is 11.1 Å². The summed E-state index contributed by atoms with van der Waals surface area (Å²) in [4.78, 5) is 15.3. The molecule has 1 saturated heterocycles. The summed E-state index contributed by atoms with van der Waals surface area (Å²) in [6.45, 7) is 3.64. The quantitative estimate of drug-likeness (QED) is 0.782. The normalized spacial score (nSPS) is 20.2. The molecule has 1 N–H and O–H groups in total. The summed E-state index contributed by atoms with van der Waals surface area (Å²) in [7, 11) is -3.03. The predicted octanol–water partition coefficient (Wildman–Crippen LogP) is 2.11. The number of benzene rings is 2. The molecule has 2 aromatic rings. The van der Waals surface area contributed by atoms with Crippen molar-refractivity contribution in [2.75, 3.05) is 37.8 Å². The van der Waals surface area contributed by atoms with Crippen LogP contribution in [0.5, 0.6) is 11.5 Å². The molecule has 1 amide bonds. The second kappa shape index (κ2) is 8.65. The van der Waals surface area contributed by atoms with E-state index in [9.17, 15) is 13.2 Å². The third-order valence-electron chi connectivity index (χ3n) is 5.53. The maximum atomic E-state index is 13.3. The SMILES string of the molecule is CC(NC(=O)C(c1ccccc1)N1CCS(=O)(=O)CC1)c1ccc2c(c1)OCCO2. The molecule has 2 unspecified atom stereocenters. The number of rotatable bonds is 5. The van der Waals surface area contributed by atoms with Crippen molar-refractivity contribution in [2.45, 2.75) is 19.0 Å². The molecule has 0 spiro atoms. The Hall–Kier alpha value is -2.58. The van der Waals surface area contributed by atoms with E-state index < -0.39 is 15.9 Å². The number of hydrogen-bond donors (Lipinski definition) is 1. The molecule has 2 atom stereocenters. The average molecular weight is 431 g/mol. The lowest BCUT2D eigenvalue weighted by Gasteiger charge is -2.34. The maximum Gasteiger partial charge on any atom is 0.242 e. The zero-order valence-electron chi connectivity index (χ0n) is 16.9. The van der Waals surface area contributed by atoms with Crippen molar-refractivity contribution < 1.29 is 22.7 Å². The highest BCUT2D eigenvalue weighted by molar-refractivity contribution is 7.91. The molecule has 1 fully saturated rings. The first-order valence-corrected chi connectivity index (χ1v) is 11.9. The van der Waals surface area contributed by atoms with Crippen molar-refractivity contribution in [3.63, 3.8) is 0 Å². The standard InChI is InChI=1S/C22H26N2O5S/c1-16(18-7-8-19-20(15-18)29-12-11-28-19)23-22(25)21(17-5-3-2-4-6-17)24-9-13-30(26,27)14-10-24/h2-8,15-16,21H,9-14H2,1H3,(H,23,25). The Morgan fingerprint density at radius 2 is 1.63 bits per heavy atom. The molecular weight excluding hydrogens is 404 g/mol. The lowest BCUT2D eigenvalue weighted by molar-refractivity contribution is -0.127. The largest absolute Gasteiger partial charge is 0.486 e. The molecule has 0 aromatic heterocycles. The molecule has 2 heterocycles. The fourth-order valence-electron chi connectivity index (χ4n) is 3.85. The lowest BCUT2D eigenvalue weighted by atomic mass is 10.0. The first-order valence-electron chi connectivity index (χ1n) is 10.1. The summed E-state index contributed by atoms with van der Waals surface area (Å²) >= 11 is 0. The van der Waals surface area contributed by atoms with Crippen molar-refractivity contribution in [3.05, 3.63) is 59.7 Å². The van der Waals surface area contributed by atoms with Gasteiger partial charge in [0.2, 0.25) is 5.91 Å². The minimum absolute atomic E-state index is 0.0708. The summed E-state index contributed by atoms with van der Waals surface area (Å²) < 4.78 is 34.9. The first-order chi connectivity index (χ1) is 14.4. The molecule has 30 heavy (non-hydrogen) atoms. The number of sulfone groups is 1. The number of fused-ring (bicyclic) bond motifs is 1. The van der Waals surface area contributed by atoms with Gasteiger partial charge in [-0.3, -0.25) is 9.69 Å². The molecule has 2 aliphatic rings. The Balaban J connectivity index is 1.53. The number of carbonyl (C=O) groups is 1. The zero-order valence-corrected chi connectivity index (χ0v) is 17.7. The van der Waals surface area contributed by atoms with E-state index in [1.54, 1.807) is 0 Å². The molecule has 0 saturated carbocycles. The Kier molecular flexibility index (Phi) is 5.97. The smallest absolute Gasteiger partial charge is 0.242 e. The van der Waals surface area contributed by atoms with Gasteiger partial charge in [0.15, 0.2) is 21.3 Å². The van der Waals surface area contributed by atoms with Gasteiger partial charge in [0, 0.05) is 13.1 Å². The highest BCUT2D eigenvalue weighted by Gasteiger charge is 2.33. The summed E-state index contributed by atoms with van der Waals surface area (Å²) in [5.74, 6) is 1.38. The summed E-state index contributed by atoms with van der Waals surface area (Å²) in [5, 5.41) is 3.09. The van der Waals surface area contributed by atoms with Crippen LogP contribution >= 0.6 is 0 Å². The number of ether oxygens (including phenoxy) is 2. The molecule has 0 bridgehead atoms. The number of amides is 1. The Morgan fingerprint density at radius 3 is 2.33 bits per heavy atom. The number of nitrogens with one attached hydrogen (secondary N) is 1. The van der Waals surface area contributed by atoms with Crippen molar-refractivity contribution in [1.82, 2.24) is 10.2 Å². The summed E-state index contributed by atoms with van der Waals surface area (Å²) in [6.07, 6.45) is 0. The van der Waals surface area contributed by atoms with E-state index in [-0.39, 0.29) is 23.5 Å². The van der Waals surface area contributed by atoms with E-state index >= 15 is 0 Å². The molecule has 0 radical (unpaired) electrons. The van der Waals surface area contributed by atoms with Crippen LogP contribution in [0.15, 0.2) is 48.5 Å². The van der Waals surface area contributed by atoms with Gasteiger partial charge in [-0.15, -0.1) is 0 Å². The van der Waals surface area contributed by atoms with Crippen LogP contribution in [0.3, 0.4) is 0 Å². The van der Waals surface area contributed by atoms with Gasteiger partial charge in [-0.2, -0.15) is 0 Å². The van der Waals surface area contributed by atoms with Gasteiger partial charge in [0.1, 0.15) is 19.3 Å². The van der Waals surface area contributed by atoms with Gasteiger partial charge < -0.3 is 14.8 Å². The van der Waals surface area contributed by atoms with Crippen molar-refractivity contribution in [3.8, 4) is 11.5 Å². The van der Waals surface area contributed by atoms with Crippen LogP contribution in [0.2, 0.25) is 0 Å². The van der Waals surface area contributed by atoms with Crippen LogP contribution in [0.4, 0.5) is 0 Å². The third kappa shape index (κ3) is 4.60. The summed E-state index contributed by atoms with van der Waals surface area (Å²) in [5.41, 5.74) is 1.77. The van der Waals surface area contributed by atoms with Crippen LogP contribution in [-0.4, -0.2) is 57.0 Å². The first kappa shape index (κ1) is 20.7. The fourth-order valence-corrected chi connectivity index (χ4v) is 5.08. The molecule has 160 valence electrons. The van der Waals surface area contributed by atoms with Gasteiger partial charge in [0.05, 0.1) is 17.5 Å². The highest BCUT2D eigenvalue weighted by atomic mass is 32.2. The predicted molar refractivity (Wildman–Crippen MR) is 113 cm³/mol. The van der Waals surface area contributed by atoms with E-state index in [4.69, 9.17) is 9.47 Å². The molecule has 8 heteroatoms.